The van der Waals surface area contributed by atoms with Crippen LogP contribution in [0.2, 0.25) is 0 Å². The van der Waals surface area contributed by atoms with E-state index in [-0.39, 0.29) is 13.1 Å². The molecule has 0 saturated heterocycles. The van der Waals surface area contributed by atoms with Gasteiger partial charge in [0.05, 0.1) is 7.11 Å². The van der Waals surface area contributed by atoms with Crippen molar-refractivity contribution in [3.05, 3.63) is 0 Å². The number of nitrogens with zero attached hydrogens (tertiary/aromatic N) is 1. The van der Waals surface area contributed by atoms with Crippen molar-refractivity contribution in [3.8, 4) is 0 Å². The Bertz CT molecular complexity index is 195. The van der Waals surface area contributed by atoms with Crippen LogP contribution in [-0.4, -0.2) is 43.3 Å². The number of esters is 1. The monoisotopic (exact) mass is 213 g/mol. The van der Waals surface area contributed by atoms with E-state index in [9.17, 15) is 18.0 Å². The van der Waals surface area contributed by atoms with Gasteiger partial charge >= 0.3 is 12.0 Å². The van der Waals surface area contributed by atoms with E-state index in [2.05, 4.69) is 4.74 Å². The van der Waals surface area contributed by atoms with Crippen LogP contribution >= 0.6 is 0 Å². The topological polar surface area (TPSA) is 29.5 Å². The van der Waals surface area contributed by atoms with Gasteiger partial charge in [-0.15, -0.1) is 0 Å². The van der Waals surface area contributed by atoms with Crippen molar-refractivity contribution in [2.75, 3.05) is 20.2 Å². The zero-order valence-electron chi connectivity index (χ0n) is 8.39. The third-order valence-corrected chi connectivity index (χ3v) is 1.90. The number of halogens is 3. The summed E-state index contributed by atoms with van der Waals surface area (Å²) in [5.41, 5.74) is 0. The fourth-order valence-corrected chi connectivity index (χ4v) is 1.05. The largest absolute Gasteiger partial charge is 0.467 e. The Balaban J connectivity index is 4.65. The van der Waals surface area contributed by atoms with Gasteiger partial charge in [0.1, 0.15) is 0 Å². The average Bonchev–Trinajstić information content (AvgIpc) is 2.16. The Morgan fingerprint density at radius 3 is 2.14 bits per heavy atom. The van der Waals surface area contributed by atoms with Gasteiger partial charge in [-0.1, -0.05) is 13.8 Å². The van der Waals surface area contributed by atoms with Gasteiger partial charge in [0.25, 0.3) is 6.17 Å². The first-order valence-corrected chi connectivity index (χ1v) is 4.26. The summed E-state index contributed by atoms with van der Waals surface area (Å²) < 4.78 is 43.2. The van der Waals surface area contributed by atoms with E-state index < -0.39 is 18.2 Å². The summed E-state index contributed by atoms with van der Waals surface area (Å²) >= 11 is 0. The zero-order valence-corrected chi connectivity index (χ0v) is 8.39. The average molecular weight is 213 g/mol. The van der Waals surface area contributed by atoms with E-state index in [1.54, 1.807) is 0 Å². The minimum atomic E-state index is -3.81. The normalized spacial score (nSPS) is 14.2. The van der Waals surface area contributed by atoms with Crippen LogP contribution in [0.4, 0.5) is 13.2 Å². The Morgan fingerprint density at radius 1 is 1.43 bits per heavy atom. The van der Waals surface area contributed by atoms with E-state index in [4.69, 9.17) is 0 Å². The Labute approximate surface area is 80.8 Å². The molecule has 0 spiro atoms. The maximum Gasteiger partial charge on any atom is 0.348 e. The van der Waals surface area contributed by atoms with Crippen LogP contribution in [0.1, 0.15) is 13.8 Å². The summed E-state index contributed by atoms with van der Waals surface area (Å²) in [5.74, 6) is -1.55. The molecule has 84 valence electrons. The molecule has 0 radical (unpaired) electrons. The number of rotatable bonds is 5. The van der Waals surface area contributed by atoms with Crippen LogP contribution in [0.15, 0.2) is 0 Å². The second-order valence-electron chi connectivity index (χ2n) is 2.65. The van der Waals surface area contributed by atoms with Crippen LogP contribution in [0, 0.1) is 0 Å². The molecule has 0 saturated carbocycles. The van der Waals surface area contributed by atoms with Crippen LogP contribution in [0.5, 0.6) is 0 Å². The standard InChI is InChI=1S/C8H14F3NO2/c1-4-12(5-2)8(10,11)6(9)7(13)14-3/h6H,4-5H2,1-3H3. The molecule has 0 aliphatic heterocycles. The maximum absolute atomic E-state index is 13.2. The van der Waals surface area contributed by atoms with Crippen LogP contribution < -0.4 is 0 Å². The third-order valence-electron chi connectivity index (χ3n) is 1.90. The van der Waals surface area contributed by atoms with Gasteiger partial charge in [0, 0.05) is 13.1 Å². The fraction of sp³-hybridized carbons (Fsp3) is 0.875. The minimum Gasteiger partial charge on any atom is -0.467 e. The number of hydrogen-bond acceptors (Lipinski definition) is 3. The molecular weight excluding hydrogens is 199 g/mol. The van der Waals surface area contributed by atoms with Crippen molar-refractivity contribution in [2.45, 2.75) is 26.1 Å². The molecule has 1 atom stereocenters. The van der Waals surface area contributed by atoms with Gasteiger partial charge in [-0.05, 0) is 0 Å². The van der Waals surface area contributed by atoms with Gasteiger partial charge in [0.2, 0.25) is 0 Å². The first kappa shape index (κ1) is 13.2. The van der Waals surface area contributed by atoms with E-state index in [0.717, 1.165) is 7.11 Å². The van der Waals surface area contributed by atoms with Gasteiger partial charge in [-0.3, -0.25) is 0 Å². The number of carbonyl (C=O) groups is 1. The quantitative estimate of drug-likeness (QED) is 0.511. The number of alkyl halides is 3. The van der Waals surface area contributed by atoms with Gasteiger partial charge in [-0.2, -0.15) is 8.78 Å². The molecule has 0 aromatic carbocycles. The SMILES string of the molecule is CCN(CC)C(F)(F)C(F)C(=O)OC. The van der Waals surface area contributed by atoms with Crippen molar-refractivity contribution in [1.82, 2.24) is 4.90 Å². The predicted molar refractivity (Wildman–Crippen MR) is 44.8 cm³/mol. The van der Waals surface area contributed by atoms with Crippen molar-refractivity contribution >= 4 is 5.97 Å². The van der Waals surface area contributed by atoms with Crippen molar-refractivity contribution in [3.63, 3.8) is 0 Å². The molecule has 1 unspecified atom stereocenters. The summed E-state index contributed by atoms with van der Waals surface area (Å²) in [6, 6.07) is -3.81. The smallest absolute Gasteiger partial charge is 0.348 e. The number of hydrogen-bond donors (Lipinski definition) is 0. The molecule has 0 aromatic rings. The van der Waals surface area contributed by atoms with Crippen molar-refractivity contribution in [2.24, 2.45) is 0 Å². The second kappa shape index (κ2) is 5.19. The molecule has 0 aliphatic carbocycles. The van der Waals surface area contributed by atoms with Gasteiger partial charge in [0.15, 0.2) is 0 Å². The summed E-state index contributed by atoms with van der Waals surface area (Å²) in [4.78, 5) is 11.2. The Hall–Kier alpha value is -0.780. The molecule has 0 N–H and O–H groups in total. The highest BCUT2D eigenvalue weighted by atomic mass is 19.3. The molecule has 0 heterocycles. The first-order chi connectivity index (χ1) is 6.41. The molecule has 0 rings (SSSR count). The summed E-state index contributed by atoms with van der Waals surface area (Å²) in [7, 11) is 0.868. The molecule has 0 amide bonds. The predicted octanol–water partition coefficient (Wildman–Crippen LogP) is 1.43. The Morgan fingerprint density at radius 2 is 1.86 bits per heavy atom. The third kappa shape index (κ3) is 2.60. The summed E-state index contributed by atoms with van der Waals surface area (Å²) in [6.07, 6.45) is -2.94. The molecule has 0 bridgehead atoms. The molecule has 0 fully saturated rings. The lowest BCUT2D eigenvalue weighted by molar-refractivity contribution is -0.204. The minimum absolute atomic E-state index is 0.0408. The van der Waals surface area contributed by atoms with Crippen LogP contribution in [0.3, 0.4) is 0 Å². The van der Waals surface area contributed by atoms with E-state index >= 15 is 0 Å². The molecular formula is C8H14F3NO2. The fourth-order valence-electron chi connectivity index (χ4n) is 1.05. The summed E-state index contributed by atoms with van der Waals surface area (Å²) in [6.45, 7) is 2.84. The van der Waals surface area contributed by atoms with Crippen LogP contribution in [0.25, 0.3) is 0 Å². The molecule has 0 aromatic heterocycles. The number of methoxy groups -OCH3 is 1. The highest BCUT2D eigenvalue weighted by Crippen LogP contribution is 2.26. The highest BCUT2D eigenvalue weighted by Gasteiger charge is 2.49. The lowest BCUT2D eigenvalue weighted by Crippen LogP contribution is -2.51. The van der Waals surface area contributed by atoms with Gasteiger partial charge in [-0.25, -0.2) is 14.1 Å². The lowest BCUT2D eigenvalue weighted by atomic mass is 10.3. The maximum atomic E-state index is 13.2. The van der Waals surface area contributed by atoms with Crippen molar-refractivity contribution in [1.29, 1.82) is 0 Å². The van der Waals surface area contributed by atoms with E-state index in [1.807, 2.05) is 0 Å². The van der Waals surface area contributed by atoms with Crippen LogP contribution in [-0.2, 0) is 9.53 Å². The first-order valence-electron chi connectivity index (χ1n) is 4.26. The Kier molecular flexibility index (Phi) is 4.90. The number of ether oxygens (including phenoxy) is 1. The van der Waals surface area contributed by atoms with Crippen molar-refractivity contribution < 1.29 is 22.7 Å². The summed E-state index contributed by atoms with van der Waals surface area (Å²) in [5, 5.41) is 0. The molecule has 3 nitrogen and oxygen atoms in total. The van der Waals surface area contributed by atoms with E-state index in [1.165, 1.54) is 13.8 Å². The van der Waals surface area contributed by atoms with Gasteiger partial charge < -0.3 is 4.74 Å². The highest BCUT2D eigenvalue weighted by molar-refractivity contribution is 5.75. The second-order valence-corrected chi connectivity index (χ2v) is 2.65. The molecule has 6 heteroatoms. The molecule has 14 heavy (non-hydrogen) atoms. The lowest BCUT2D eigenvalue weighted by Gasteiger charge is -2.29. The van der Waals surface area contributed by atoms with E-state index in [0.29, 0.717) is 4.90 Å². The number of carbonyl (C=O) groups excluding carboxylic acids is 1. The molecule has 0 aliphatic rings. The zero-order chi connectivity index (χ0) is 11.4.